The molecule has 92 valence electrons. The molecule has 0 aromatic carbocycles. The minimum absolute atomic E-state index is 0.0131. The smallest absolute Gasteiger partial charge is 0.250 e. The lowest BCUT2D eigenvalue weighted by atomic mass is 10.3. The molecule has 7 heteroatoms. The first-order valence-corrected chi connectivity index (χ1v) is 8.08. The van der Waals surface area contributed by atoms with E-state index in [9.17, 15) is 13.5 Å². The van der Waals surface area contributed by atoms with E-state index in [1.54, 1.807) is 17.5 Å². The number of rotatable bonds is 5. The quantitative estimate of drug-likeness (QED) is 0.882. The zero-order valence-electron chi connectivity index (χ0n) is 8.74. The van der Waals surface area contributed by atoms with E-state index in [0.717, 1.165) is 16.2 Å². The van der Waals surface area contributed by atoms with Gasteiger partial charge in [-0.15, -0.1) is 22.7 Å². The second kappa shape index (κ2) is 5.28. The lowest BCUT2D eigenvalue weighted by molar-refractivity contribution is 0.186. The topological polar surface area (TPSA) is 66.4 Å². The first-order valence-electron chi connectivity index (χ1n) is 4.84. The molecular formula is C10H11NO3S3. The summed E-state index contributed by atoms with van der Waals surface area (Å²) in [6.45, 7) is -0.0131. The maximum absolute atomic E-state index is 11.8. The molecule has 0 spiro atoms. The van der Waals surface area contributed by atoms with Crippen LogP contribution in [0.1, 0.15) is 11.0 Å². The van der Waals surface area contributed by atoms with Gasteiger partial charge >= 0.3 is 0 Å². The van der Waals surface area contributed by atoms with E-state index < -0.39 is 16.1 Å². The second-order valence-corrected chi connectivity index (χ2v) is 7.24. The summed E-state index contributed by atoms with van der Waals surface area (Å²) >= 11 is 2.55. The fourth-order valence-electron chi connectivity index (χ4n) is 1.26. The molecule has 0 fully saturated rings. The molecule has 0 amide bonds. The lowest BCUT2D eigenvalue weighted by Crippen LogP contribution is -2.27. The van der Waals surface area contributed by atoms with Crippen molar-refractivity contribution < 1.29 is 13.5 Å². The van der Waals surface area contributed by atoms with Gasteiger partial charge in [-0.25, -0.2) is 13.1 Å². The Morgan fingerprint density at radius 1 is 1.24 bits per heavy atom. The maximum atomic E-state index is 11.8. The zero-order chi connectivity index (χ0) is 12.3. The molecule has 4 nitrogen and oxygen atoms in total. The van der Waals surface area contributed by atoms with Gasteiger partial charge in [0, 0.05) is 11.4 Å². The molecule has 0 aliphatic carbocycles. The summed E-state index contributed by atoms with van der Waals surface area (Å²) in [5.74, 6) is 0. The van der Waals surface area contributed by atoms with Gasteiger partial charge in [0.1, 0.15) is 10.3 Å². The predicted octanol–water partition coefficient (Wildman–Crippen LogP) is 1.82. The van der Waals surface area contributed by atoms with Crippen molar-refractivity contribution in [3.05, 3.63) is 39.9 Å². The maximum Gasteiger partial charge on any atom is 0.250 e. The molecule has 0 bridgehead atoms. The molecule has 2 aromatic heterocycles. The fourth-order valence-corrected chi connectivity index (χ4v) is 4.05. The number of aliphatic hydroxyl groups excluding tert-OH is 1. The van der Waals surface area contributed by atoms with Crippen LogP contribution < -0.4 is 4.72 Å². The van der Waals surface area contributed by atoms with Crippen LogP contribution in [0.5, 0.6) is 0 Å². The van der Waals surface area contributed by atoms with Crippen molar-refractivity contribution >= 4 is 32.7 Å². The third-order valence-corrected chi connectivity index (χ3v) is 5.89. The van der Waals surface area contributed by atoms with Crippen molar-refractivity contribution in [2.24, 2.45) is 0 Å². The van der Waals surface area contributed by atoms with Gasteiger partial charge < -0.3 is 5.11 Å². The van der Waals surface area contributed by atoms with E-state index in [1.807, 2.05) is 11.4 Å². The highest BCUT2D eigenvalue weighted by Crippen LogP contribution is 2.19. The van der Waals surface area contributed by atoms with Gasteiger partial charge in [-0.3, -0.25) is 0 Å². The Hall–Kier alpha value is -0.730. The van der Waals surface area contributed by atoms with E-state index in [1.165, 1.54) is 17.4 Å². The van der Waals surface area contributed by atoms with E-state index in [0.29, 0.717) is 0 Å². The molecule has 0 aliphatic heterocycles. The van der Waals surface area contributed by atoms with Gasteiger partial charge in [0.25, 0.3) is 0 Å². The Morgan fingerprint density at radius 3 is 2.53 bits per heavy atom. The number of hydrogen-bond donors (Lipinski definition) is 2. The van der Waals surface area contributed by atoms with Crippen LogP contribution >= 0.6 is 22.7 Å². The number of thiophene rings is 2. The Labute approximate surface area is 108 Å². The van der Waals surface area contributed by atoms with Crippen molar-refractivity contribution in [1.29, 1.82) is 0 Å². The van der Waals surface area contributed by atoms with E-state index in [-0.39, 0.29) is 10.8 Å². The molecule has 2 aromatic rings. The third-order valence-electron chi connectivity index (χ3n) is 2.10. The molecule has 0 radical (unpaired) electrons. The van der Waals surface area contributed by atoms with Gasteiger partial charge in [-0.05, 0) is 22.9 Å². The van der Waals surface area contributed by atoms with Crippen molar-refractivity contribution in [1.82, 2.24) is 4.72 Å². The first kappa shape index (κ1) is 12.7. The summed E-state index contributed by atoms with van der Waals surface area (Å²) < 4.78 is 26.2. The number of hydrogen-bond acceptors (Lipinski definition) is 5. The summed E-state index contributed by atoms with van der Waals surface area (Å²) in [6, 6.07) is 6.80. The van der Waals surface area contributed by atoms with Crippen LogP contribution in [0, 0.1) is 0 Å². The van der Waals surface area contributed by atoms with E-state index in [4.69, 9.17) is 0 Å². The fraction of sp³-hybridized carbons (Fsp3) is 0.200. The van der Waals surface area contributed by atoms with E-state index >= 15 is 0 Å². The Balaban J connectivity index is 1.99. The van der Waals surface area contributed by atoms with Gasteiger partial charge in [0.05, 0.1) is 0 Å². The summed E-state index contributed by atoms with van der Waals surface area (Å²) in [4.78, 5) is 0.749. The van der Waals surface area contributed by atoms with Crippen molar-refractivity contribution in [2.45, 2.75) is 10.3 Å². The van der Waals surface area contributed by atoms with Crippen LogP contribution in [-0.4, -0.2) is 20.1 Å². The minimum Gasteiger partial charge on any atom is -0.386 e. The van der Waals surface area contributed by atoms with Crippen molar-refractivity contribution in [3.63, 3.8) is 0 Å². The molecule has 2 heterocycles. The van der Waals surface area contributed by atoms with Gasteiger partial charge in [0.2, 0.25) is 10.0 Å². The van der Waals surface area contributed by atoms with Crippen LogP contribution in [0.25, 0.3) is 0 Å². The number of nitrogens with one attached hydrogen (secondary N) is 1. The van der Waals surface area contributed by atoms with Crippen molar-refractivity contribution in [3.8, 4) is 0 Å². The minimum atomic E-state index is -3.49. The van der Waals surface area contributed by atoms with Crippen LogP contribution in [0.15, 0.2) is 39.2 Å². The largest absolute Gasteiger partial charge is 0.386 e. The average molecular weight is 289 g/mol. The van der Waals surface area contributed by atoms with Crippen LogP contribution in [0.3, 0.4) is 0 Å². The van der Waals surface area contributed by atoms with Crippen LogP contribution in [0.4, 0.5) is 0 Å². The summed E-state index contributed by atoms with van der Waals surface area (Å²) in [5.41, 5.74) is 0. The molecule has 2 N–H and O–H groups in total. The Morgan fingerprint density at radius 2 is 1.94 bits per heavy atom. The summed E-state index contributed by atoms with van der Waals surface area (Å²) in [5, 5.41) is 13.3. The molecule has 0 saturated carbocycles. The first-order chi connectivity index (χ1) is 8.09. The zero-order valence-corrected chi connectivity index (χ0v) is 11.2. The van der Waals surface area contributed by atoms with Gasteiger partial charge in [0.15, 0.2) is 0 Å². The molecule has 1 atom stereocenters. The lowest BCUT2D eigenvalue weighted by Gasteiger charge is -2.09. The predicted molar refractivity (Wildman–Crippen MR) is 68.8 cm³/mol. The molecule has 17 heavy (non-hydrogen) atoms. The van der Waals surface area contributed by atoms with E-state index in [2.05, 4.69) is 4.72 Å². The summed E-state index contributed by atoms with van der Waals surface area (Å²) in [7, 11) is -3.49. The van der Waals surface area contributed by atoms with Gasteiger partial charge in [-0.1, -0.05) is 12.1 Å². The monoisotopic (exact) mass is 289 g/mol. The normalized spacial score (nSPS) is 13.7. The molecule has 0 aliphatic rings. The highest BCUT2D eigenvalue weighted by Gasteiger charge is 2.17. The summed E-state index contributed by atoms with van der Waals surface area (Å²) in [6.07, 6.45) is -0.801. The molecule has 2 rings (SSSR count). The Kier molecular flexibility index (Phi) is 3.95. The van der Waals surface area contributed by atoms with Crippen LogP contribution in [0.2, 0.25) is 0 Å². The standard InChI is InChI=1S/C10H11NO3S3/c12-8(9-3-1-5-15-9)7-11-17(13,14)10-4-2-6-16-10/h1-6,8,11-12H,7H2. The second-order valence-electron chi connectivity index (χ2n) is 3.32. The van der Waals surface area contributed by atoms with Crippen LogP contribution in [-0.2, 0) is 10.0 Å². The molecular weight excluding hydrogens is 278 g/mol. The van der Waals surface area contributed by atoms with Crippen molar-refractivity contribution in [2.75, 3.05) is 6.54 Å². The highest BCUT2D eigenvalue weighted by molar-refractivity contribution is 7.91. The highest BCUT2D eigenvalue weighted by atomic mass is 32.2. The number of sulfonamides is 1. The molecule has 1 unspecified atom stereocenters. The molecule has 0 saturated heterocycles. The SMILES string of the molecule is O=S(=O)(NCC(O)c1cccs1)c1cccs1. The number of aliphatic hydroxyl groups is 1. The average Bonchev–Trinajstić information content (AvgIpc) is 2.97. The Bertz CT molecular complexity index is 546. The third kappa shape index (κ3) is 3.14. The van der Waals surface area contributed by atoms with Gasteiger partial charge in [-0.2, -0.15) is 0 Å².